The number of hydrogen-bond acceptors (Lipinski definition) is 8. The molecule has 1 fully saturated rings. The summed E-state index contributed by atoms with van der Waals surface area (Å²) in [6.07, 6.45) is -1.73. The molecular formula is C39H35ClF6N8O5S. The first-order chi connectivity index (χ1) is 28.3. The first-order valence-electron chi connectivity index (χ1n) is 18.7. The Morgan fingerprint density at radius 3 is 2.47 bits per heavy atom. The van der Waals surface area contributed by atoms with Crippen molar-refractivity contribution in [2.75, 3.05) is 17.6 Å². The highest BCUT2D eigenvalue weighted by atomic mass is 35.5. The van der Waals surface area contributed by atoms with E-state index in [1.165, 1.54) is 42.1 Å². The van der Waals surface area contributed by atoms with Crippen molar-refractivity contribution in [3.63, 3.8) is 0 Å². The van der Waals surface area contributed by atoms with Crippen LogP contribution < -0.4 is 20.8 Å². The molecule has 8 rings (SSSR count). The van der Waals surface area contributed by atoms with Gasteiger partial charge in [-0.3, -0.25) is 23.6 Å². The van der Waals surface area contributed by atoms with Crippen molar-refractivity contribution >= 4 is 55.2 Å². The summed E-state index contributed by atoms with van der Waals surface area (Å²) in [6.45, 7) is 2.25. The molecule has 3 N–H and O–H groups in total. The molecule has 13 nitrogen and oxygen atoms in total. The van der Waals surface area contributed by atoms with Gasteiger partial charge in [0, 0.05) is 30.7 Å². The summed E-state index contributed by atoms with van der Waals surface area (Å²) in [5.74, 6) is -11.7. The molecule has 6 aromatic rings. The molecule has 0 bridgehead atoms. The van der Waals surface area contributed by atoms with Crippen molar-refractivity contribution < 1.29 is 44.3 Å². The Hall–Kier alpha value is -5.63. The molecule has 60 heavy (non-hydrogen) atoms. The first kappa shape index (κ1) is 41.1. The van der Waals surface area contributed by atoms with Crippen LogP contribution in [0.3, 0.4) is 0 Å². The number of anilines is 1. The number of nitrogens with two attached hydrogens (primary N) is 1. The van der Waals surface area contributed by atoms with Gasteiger partial charge in [0.2, 0.25) is 15.9 Å². The number of unbranched alkanes of at least 4 members (excludes halogenated alkanes) is 1. The molecule has 21 heteroatoms. The molecule has 2 aliphatic rings. The summed E-state index contributed by atoms with van der Waals surface area (Å²) in [6, 6.07) is 7.30. The second kappa shape index (κ2) is 14.8. The molecule has 1 amide bonds. The Bertz CT molecular complexity index is 2900. The van der Waals surface area contributed by atoms with Gasteiger partial charge in [0.05, 0.1) is 51.3 Å². The number of aryl methyl sites for hydroxylation is 1. The number of hydrogen-bond donors (Lipinski definition) is 2. The Kier molecular flexibility index (Phi) is 10.2. The lowest BCUT2D eigenvalue weighted by molar-refractivity contribution is -0.122. The van der Waals surface area contributed by atoms with Crippen LogP contribution in [0.2, 0.25) is 5.02 Å². The molecule has 0 saturated heterocycles. The summed E-state index contributed by atoms with van der Waals surface area (Å²) in [7, 11) is -2.53. The molecule has 3 heterocycles. The number of halogens is 7. The van der Waals surface area contributed by atoms with Crippen molar-refractivity contribution in [1.29, 1.82) is 0 Å². The van der Waals surface area contributed by atoms with Crippen molar-refractivity contribution in [2.45, 2.75) is 62.8 Å². The number of alkyl halides is 4. The largest absolute Gasteiger partial charge is 0.494 e. The lowest BCUT2D eigenvalue weighted by Gasteiger charge is -2.30. The fraction of sp³-hybridized carbons (Fsp3) is 0.359. The highest BCUT2D eigenvalue weighted by Crippen LogP contribution is 2.68. The molecule has 3 aromatic heterocycles. The van der Waals surface area contributed by atoms with Crippen LogP contribution in [0.5, 0.6) is 5.75 Å². The molecule has 4 atom stereocenters. The molecule has 0 spiro atoms. The van der Waals surface area contributed by atoms with Gasteiger partial charge in [0.25, 0.3) is 17.9 Å². The van der Waals surface area contributed by atoms with Crippen molar-refractivity contribution in [2.24, 2.45) is 18.7 Å². The number of carbonyl (C=O) groups excluding carboxylic acids is 1. The number of amides is 1. The minimum atomic E-state index is -3.95. The molecule has 1 unspecified atom stereocenters. The second-order valence-corrected chi connectivity index (χ2v) is 17.2. The van der Waals surface area contributed by atoms with Crippen LogP contribution in [-0.2, 0) is 34.2 Å². The molecular weight excluding hydrogens is 842 g/mol. The minimum absolute atomic E-state index is 0.0141. The van der Waals surface area contributed by atoms with Gasteiger partial charge >= 0.3 is 0 Å². The van der Waals surface area contributed by atoms with E-state index >= 15 is 13.6 Å². The number of ether oxygens (including phenoxy) is 1. The Balaban J connectivity index is 1.48. The number of primary amides is 1. The maximum atomic E-state index is 16.2. The van der Waals surface area contributed by atoms with E-state index in [1.807, 2.05) is 6.92 Å². The predicted octanol–water partition coefficient (Wildman–Crippen LogP) is 7.15. The van der Waals surface area contributed by atoms with Crippen molar-refractivity contribution in [3.05, 3.63) is 104 Å². The van der Waals surface area contributed by atoms with E-state index in [-0.39, 0.29) is 56.1 Å². The molecule has 0 radical (unpaired) electrons. The zero-order chi connectivity index (χ0) is 43.2. The number of nitrogens with zero attached hydrogens (tertiary/aromatic N) is 6. The Labute approximate surface area is 342 Å². The zero-order valence-electron chi connectivity index (χ0n) is 31.9. The van der Waals surface area contributed by atoms with Crippen LogP contribution in [0.25, 0.3) is 27.5 Å². The lowest BCUT2D eigenvalue weighted by Crippen LogP contribution is -2.39. The van der Waals surface area contributed by atoms with E-state index in [0.29, 0.717) is 23.8 Å². The number of rotatable bonds is 14. The average Bonchev–Trinajstić information content (AvgIpc) is 3.68. The van der Waals surface area contributed by atoms with E-state index in [2.05, 4.69) is 14.9 Å². The van der Waals surface area contributed by atoms with E-state index in [1.54, 1.807) is 0 Å². The second-order valence-electron chi connectivity index (χ2n) is 15.0. The smallest absolute Gasteiger partial charge is 0.293 e. The van der Waals surface area contributed by atoms with Crippen LogP contribution in [0.1, 0.15) is 78.8 Å². The predicted molar refractivity (Wildman–Crippen MR) is 208 cm³/mol. The number of benzene rings is 3. The SMILES string of the molecule is CCCCOc1ccc2c(=O)n(-c3ccc(Cl)c4c(NS(C)(=O)=O)nn(C)c34)c([C@@H](Cc3cc(F)cc(F)c3)C(C(N)=O)n3nc(C(F)F)c4c3C(F)(F)[C@@H]3C[C@H]43)nc2c1. The maximum absolute atomic E-state index is 16.2. The maximum Gasteiger partial charge on any atom is 0.293 e. The van der Waals surface area contributed by atoms with Crippen LogP contribution in [0, 0.1) is 17.6 Å². The van der Waals surface area contributed by atoms with E-state index in [4.69, 9.17) is 27.1 Å². The van der Waals surface area contributed by atoms with Crippen LogP contribution in [-0.4, -0.2) is 56.3 Å². The monoisotopic (exact) mass is 876 g/mol. The number of carbonyl (C=O) groups is 1. The fourth-order valence-electron chi connectivity index (χ4n) is 8.31. The van der Waals surface area contributed by atoms with Gasteiger partial charge in [-0.05, 0) is 67.1 Å². The van der Waals surface area contributed by atoms with Crippen molar-refractivity contribution in [3.8, 4) is 11.4 Å². The fourth-order valence-corrected chi connectivity index (χ4v) is 9.04. The minimum Gasteiger partial charge on any atom is -0.494 e. The Morgan fingerprint density at radius 2 is 1.82 bits per heavy atom. The number of fused-ring (bicyclic) bond motifs is 5. The first-order valence-corrected chi connectivity index (χ1v) is 20.9. The van der Waals surface area contributed by atoms with Gasteiger partial charge < -0.3 is 10.5 Å². The van der Waals surface area contributed by atoms with Gasteiger partial charge in [-0.15, -0.1) is 0 Å². The van der Waals surface area contributed by atoms with Crippen molar-refractivity contribution in [1.82, 2.24) is 29.1 Å². The lowest BCUT2D eigenvalue weighted by atomic mass is 9.89. The normalized spacial score (nSPS) is 17.9. The summed E-state index contributed by atoms with van der Waals surface area (Å²) < 4.78 is 127. The standard InChI is InChI=1S/C39H35ClF6N8O5S/c1-4-5-10-59-20-6-7-21-26(15-20)48-37(53(38(21)56)27-9-8-25(40)29-32(27)52(2)50-36(29)51-60(3,57)58)23(13-17-11-18(41)14-19(42)12-17)31(35(47)55)54-33-28(30(49-54)34(43)44)22-16-24(22)39(33,45)46/h6-9,11-12,14-15,22-24,31,34H,4-5,10,13,16H2,1-3H3,(H2,47,55)(H,50,51)/t22-,23-,24+,31?/m0/s1. The highest BCUT2D eigenvalue weighted by molar-refractivity contribution is 7.92. The van der Waals surface area contributed by atoms with Gasteiger partial charge in [-0.2, -0.15) is 19.0 Å². The molecule has 0 aliphatic heterocycles. The summed E-state index contributed by atoms with van der Waals surface area (Å²) in [5.41, 5.74) is 2.64. The van der Waals surface area contributed by atoms with Gasteiger partial charge in [-0.1, -0.05) is 24.9 Å². The molecule has 3 aromatic carbocycles. The van der Waals surface area contributed by atoms with E-state index in [0.717, 1.165) is 29.4 Å². The van der Waals surface area contributed by atoms with E-state index in [9.17, 15) is 30.8 Å². The third-order valence-electron chi connectivity index (χ3n) is 10.8. The quantitative estimate of drug-likeness (QED) is 0.0859. The molecule has 2 aliphatic carbocycles. The van der Waals surface area contributed by atoms with Gasteiger partial charge in [0.1, 0.15) is 40.6 Å². The summed E-state index contributed by atoms with van der Waals surface area (Å²) in [5, 5.41) is 8.17. The average molecular weight is 877 g/mol. The zero-order valence-corrected chi connectivity index (χ0v) is 33.5. The molecule has 316 valence electrons. The number of sulfonamides is 1. The number of aromatic nitrogens is 6. The highest BCUT2D eigenvalue weighted by Gasteiger charge is 2.67. The van der Waals surface area contributed by atoms with Gasteiger partial charge in [-0.25, -0.2) is 35.6 Å². The van der Waals surface area contributed by atoms with E-state index < -0.39 is 98.5 Å². The van der Waals surface area contributed by atoms with Crippen LogP contribution >= 0.6 is 11.6 Å². The third-order valence-corrected chi connectivity index (χ3v) is 11.7. The topological polar surface area (TPSA) is 169 Å². The summed E-state index contributed by atoms with van der Waals surface area (Å²) in [4.78, 5) is 33.8. The van der Waals surface area contributed by atoms with Gasteiger partial charge in [0.15, 0.2) is 5.82 Å². The van der Waals surface area contributed by atoms with Crippen LogP contribution in [0.4, 0.5) is 32.2 Å². The molecule has 1 saturated carbocycles. The Morgan fingerprint density at radius 1 is 1.10 bits per heavy atom. The van der Waals surface area contributed by atoms with Crippen LogP contribution in [0.15, 0.2) is 53.3 Å². The number of nitrogens with one attached hydrogen (secondary N) is 1. The summed E-state index contributed by atoms with van der Waals surface area (Å²) >= 11 is 6.62. The third kappa shape index (κ3) is 7.01.